The zero-order valence-corrected chi connectivity index (χ0v) is 13.1. The van der Waals surface area contributed by atoms with E-state index in [9.17, 15) is 4.79 Å². The monoisotopic (exact) mass is 292 g/mol. The molecule has 0 saturated carbocycles. The molecule has 2 rings (SSSR count). The number of hydrogen-bond donors (Lipinski definition) is 1. The van der Waals surface area contributed by atoms with Crippen LogP contribution in [0.2, 0.25) is 0 Å². The first-order chi connectivity index (χ1) is 10.1. The van der Waals surface area contributed by atoms with E-state index >= 15 is 0 Å². The van der Waals surface area contributed by atoms with E-state index in [0.29, 0.717) is 13.2 Å². The summed E-state index contributed by atoms with van der Waals surface area (Å²) in [6, 6.07) is 7.62. The molecule has 1 aromatic rings. The summed E-state index contributed by atoms with van der Waals surface area (Å²) in [5.74, 6) is 1.19. The summed E-state index contributed by atoms with van der Waals surface area (Å²) in [5.41, 5.74) is 0.988. The zero-order chi connectivity index (χ0) is 15.4. The average molecular weight is 292 g/mol. The third-order valence-electron chi connectivity index (χ3n) is 3.77. The molecule has 1 aliphatic heterocycles. The second-order valence-electron chi connectivity index (χ2n) is 5.58. The van der Waals surface area contributed by atoms with Crippen LogP contribution < -0.4 is 10.1 Å². The van der Waals surface area contributed by atoms with Crippen LogP contribution in [0.4, 0.5) is 0 Å². The summed E-state index contributed by atoms with van der Waals surface area (Å²) >= 11 is 0. The highest BCUT2D eigenvalue weighted by molar-refractivity contribution is 5.84. The fourth-order valence-corrected chi connectivity index (χ4v) is 2.79. The maximum Gasteiger partial charge on any atom is 0.241 e. The molecule has 116 valence electrons. The molecule has 1 heterocycles. The van der Waals surface area contributed by atoms with Crippen molar-refractivity contribution >= 4 is 5.91 Å². The number of nitrogens with one attached hydrogen (secondary N) is 1. The number of carbonyl (C=O) groups excluding carboxylic acids is 1. The summed E-state index contributed by atoms with van der Waals surface area (Å²) in [6.45, 7) is 5.27. The molecule has 21 heavy (non-hydrogen) atoms. The molecule has 5 nitrogen and oxygen atoms in total. The maximum absolute atomic E-state index is 12.4. The molecule has 5 heteroatoms. The highest BCUT2D eigenvalue weighted by atomic mass is 16.5. The Balaban J connectivity index is 2.25. The van der Waals surface area contributed by atoms with Crippen molar-refractivity contribution in [1.82, 2.24) is 10.2 Å². The van der Waals surface area contributed by atoms with Crippen LogP contribution >= 0.6 is 0 Å². The molecule has 3 atom stereocenters. The zero-order valence-electron chi connectivity index (χ0n) is 13.1. The third-order valence-corrected chi connectivity index (χ3v) is 3.77. The minimum Gasteiger partial charge on any atom is -0.496 e. The first kappa shape index (κ1) is 15.8. The number of rotatable bonds is 6. The van der Waals surface area contributed by atoms with Crippen LogP contribution in [-0.2, 0) is 9.53 Å². The maximum atomic E-state index is 12.4. The van der Waals surface area contributed by atoms with Gasteiger partial charge >= 0.3 is 0 Å². The second-order valence-corrected chi connectivity index (χ2v) is 5.58. The number of para-hydroxylation sites is 1. The molecule has 1 amide bonds. The first-order valence-corrected chi connectivity index (χ1v) is 7.26. The van der Waals surface area contributed by atoms with E-state index < -0.39 is 0 Å². The number of ether oxygens (including phenoxy) is 2. The Morgan fingerprint density at radius 1 is 1.33 bits per heavy atom. The summed E-state index contributed by atoms with van der Waals surface area (Å²) in [4.78, 5) is 14.3. The van der Waals surface area contributed by atoms with Gasteiger partial charge in [-0.15, -0.1) is 0 Å². The minimum absolute atomic E-state index is 0.119. The number of nitrogens with zero attached hydrogens (tertiary/aromatic N) is 1. The highest BCUT2D eigenvalue weighted by Gasteiger charge is 2.38. The van der Waals surface area contributed by atoms with Crippen molar-refractivity contribution in [3.8, 4) is 5.75 Å². The number of benzene rings is 1. The van der Waals surface area contributed by atoms with E-state index in [1.807, 2.05) is 36.1 Å². The highest BCUT2D eigenvalue weighted by Crippen LogP contribution is 2.32. The molecule has 1 fully saturated rings. The van der Waals surface area contributed by atoms with E-state index in [2.05, 4.69) is 12.2 Å². The van der Waals surface area contributed by atoms with Gasteiger partial charge in [-0.1, -0.05) is 25.1 Å². The average Bonchev–Trinajstić information content (AvgIpc) is 2.75. The predicted molar refractivity (Wildman–Crippen MR) is 81.1 cm³/mol. The molecule has 1 aromatic carbocycles. The number of hydrogen-bond acceptors (Lipinski definition) is 4. The lowest BCUT2D eigenvalue weighted by atomic mass is 10.1. The quantitative estimate of drug-likeness (QED) is 0.868. The Labute approximate surface area is 126 Å². The summed E-state index contributed by atoms with van der Waals surface area (Å²) < 4.78 is 10.6. The van der Waals surface area contributed by atoms with Crippen LogP contribution in [0, 0.1) is 5.92 Å². The number of methoxy groups -OCH3 is 2. The topological polar surface area (TPSA) is 50.8 Å². The predicted octanol–water partition coefficient (Wildman–Crippen LogP) is 1.80. The van der Waals surface area contributed by atoms with Gasteiger partial charge in [0, 0.05) is 19.2 Å². The Bertz CT molecular complexity index is 492. The lowest BCUT2D eigenvalue weighted by Gasteiger charge is -2.28. The van der Waals surface area contributed by atoms with Gasteiger partial charge in [0.2, 0.25) is 5.91 Å². The van der Waals surface area contributed by atoms with Crippen molar-refractivity contribution in [2.24, 2.45) is 5.92 Å². The molecule has 0 aliphatic carbocycles. The van der Waals surface area contributed by atoms with Gasteiger partial charge in [-0.2, -0.15) is 0 Å². The van der Waals surface area contributed by atoms with Crippen LogP contribution in [-0.4, -0.2) is 44.2 Å². The molecule has 0 radical (unpaired) electrons. The van der Waals surface area contributed by atoms with Crippen molar-refractivity contribution in [2.75, 3.05) is 27.4 Å². The van der Waals surface area contributed by atoms with Crippen molar-refractivity contribution in [1.29, 1.82) is 0 Å². The fourth-order valence-electron chi connectivity index (χ4n) is 2.79. The van der Waals surface area contributed by atoms with Gasteiger partial charge in [0.1, 0.15) is 11.9 Å². The summed E-state index contributed by atoms with van der Waals surface area (Å²) in [6.07, 6.45) is -0.150. The third kappa shape index (κ3) is 3.36. The molecule has 0 aromatic heterocycles. The molecular weight excluding hydrogens is 268 g/mol. The Morgan fingerprint density at radius 3 is 2.71 bits per heavy atom. The number of amides is 1. The minimum atomic E-state index is -0.186. The Morgan fingerprint density at radius 2 is 2.05 bits per heavy atom. The molecular formula is C16H24N2O3. The van der Waals surface area contributed by atoms with E-state index in [1.54, 1.807) is 14.2 Å². The standard InChI is InChI=1S/C16H24N2O3/c1-11(10-20-3)9-18-15(17-12(2)16(18)19)13-7-5-6-8-14(13)21-4/h5-8,11-12,15,17H,9-10H2,1-4H3. The Kier molecular flexibility index (Phi) is 5.20. The van der Waals surface area contributed by atoms with E-state index in [-0.39, 0.29) is 24.0 Å². The van der Waals surface area contributed by atoms with Crippen LogP contribution in [0.15, 0.2) is 24.3 Å². The molecule has 1 saturated heterocycles. The lowest BCUT2D eigenvalue weighted by molar-refractivity contribution is -0.130. The van der Waals surface area contributed by atoms with Crippen molar-refractivity contribution in [3.05, 3.63) is 29.8 Å². The molecule has 1 N–H and O–H groups in total. The van der Waals surface area contributed by atoms with E-state index in [1.165, 1.54) is 0 Å². The van der Waals surface area contributed by atoms with Crippen LogP contribution in [0.5, 0.6) is 5.75 Å². The molecule has 0 spiro atoms. The van der Waals surface area contributed by atoms with Crippen molar-refractivity contribution < 1.29 is 14.3 Å². The van der Waals surface area contributed by atoms with E-state index in [4.69, 9.17) is 9.47 Å². The Hall–Kier alpha value is -1.59. The molecule has 1 aliphatic rings. The van der Waals surface area contributed by atoms with Crippen LogP contribution in [0.1, 0.15) is 25.6 Å². The fraction of sp³-hybridized carbons (Fsp3) is 0.562. The van der Waals surface area contributed by atoms with Crippen LogP contribution in [0.25, 0.3) is 0 Å². The van der Waals surface area contributed by atoms with Gasteiger partial charge in [0.15, 0.2) is 0 Å². The molecule has 0 bridgehead atoms. The van der Waals surface area contributed by atoms with Gasteiger partial charge in [-0.25, -0.2) is 0 Å². The largest absolute Gasteiger partial charge is 0.496 e. The van der Waals surface area contributed by atoms with E-state index in [0.717, 1.165) is 11.3 Å². The van der Waals surface area contributed by atoms with Gasteiger partial charge in [-0.05, 0) is 18.9 Å². The molecule has 3 unspecified atom stereocenters. The lowest BCUT2D eigenvalue weighted by Crippen LogP contribution is -2.35. The first-order valence-electron chi connectivity index (χ1n) is 7.26. The van der Waals surface area contributed by atoms with Gasteiger partial charge in [0.25, 0.3) is 0 Å². The number of carbonyl (C=O) groups is 1. The van der Waals surface area contributed by atoms with Gasteiger partial charge < -0.3 is 14.4 Å². The van der Waals surface area contributed by atoms with Crippen molar-refractivity contribution in [3.63, 3.8) is 0 Å². The smallest absolute Gasteiger partial charge is 0.241 e. The SMILES string of the molecule is COCC(C)CN1C(=O)C(C)NC1c1ccccc1OC. The van der Waals surface area contributed by atoms with Gasteiger partial charge in [-0.3, -0.25) is 10.1 Å². The summed E-state index contributed by atoms with van der Waals surface area (Å²) in [5, 5.41) is 3.35. The summed E-state index contributed by atoms with van der Waals surface area (Å²) in [7, 11) is 3.33. The van der Waals surface area contributed by atoms with Gasteiger partial charge in [0.05, 0.1) is 19.8 Å². The normalized spacial score (nSPS) is 23.4. The van der Waals surface area contributed by atoms with Crippen LogP contribution in [0.3, 0.4) is 0 Å². The van der Waals surface area contributed by atoms with Crippen molar-refractivity contribution in [2.45, 2.75) is 26.1 Å². The second kappa shape index (κ2) is 6.91.